The number of nitrogens with zero attached hydrogens (tertiary/aromatic N) is 1. The Kier molecular flexibility index (Phi) is 5.99. The van der Waals surface area contributed by atoms with E-state index in [1.807, 2.05) is 0 Å². The first kappa shape index (κ1) is 23.3. The fourth-order valence-corrected chi connectivity index (χ4v) is 8.64. The van der Waals surface area contributed by atoms with Crippen LogP contribution < -0.4 is 0 Å². The highest BCUT2D eigenvalue weighted by Gasteiger charge is 2.76. The summed E-state index contributed by atoms with van der Waals surface area (Å²) in [6, 6.07) is 2.52. The molecule has 0 amide bonds. The molecule has 4 heteroatoms. The minimum atomic E-state index is -1.32. The van der Waals surface area contributed by atoms with Crippen molar-refractivity contribution in [2.75, 3.05) is 0 Å². The molecule has 1 aliphatic rings. The van der Waals surface area contributed by atoms with Gasteiger partial charge < -0.3 is 0 Å². The van der Waals surface area contributed by atoms with Crippen LogP contribution in [0.15, 0.2) is 12.2 Å². The van der Waals surface area contributed by atoms with E-state index in [0.29, 0.717) is 0 Å². The summed E-state index contributed by atoms with van der Waals surface area (Å²) in [5, 5.41) is 10.4. The number of nitriles is 1. The second-order valence-corrected chi connectivity index (χ2v) is 12.7. The van der Waals surface area contributed by atoms with Gasteiger partial charge in [0.25, 0.3) is 0 Å². The van der Waals surface area contributed by atoms with E-state index in [-0.39, 0.29) is 22.7 Å². The topological polar surface area (TPSA) is 23.8 Å². The highest BCUT2D eigenvalue weighted by Crippen LogP contribution is 2.74. The smallest absolute Gasteiger partial charge is 0.157 e. The lowest BCUT2D eigenvalue weighted by molar-refractivity contribution is -0.0401. The number of halogens is 3. The van der Waals surface area contributed by atoms with Gasteiger partial charge in [0.15, 0.2) is 8.66 Å². The van der Waals surface area contributed by atoms with E-state index in [1.54, 1.807) is 0 Å². The van der Waals surface area contributed by atoms with Crippen LogP contribution in [-0.4, -0.2) is 8.66 Å². The Labute approximate surface area is 173 Å². The van der Waals surface area contributed by atoms with Crippen LogP contribution in [0.3, 0.4) is 0 Å². The van der Waals surface area contributed by atoms with Gasteiger partial charge in [-0.3, -0.25) is 0 Å². The first-order valence-corrected chi connectivity index (χ1v) is 10.6. The summed E-state index contributed by atoms with van der Waals surface area (Å²) in [6.45, 7) is 21.5. The van der Waals surface area contributed by atoms with Crippen LogP contribution >= 0.6 is 39.1 Å². The zero-order valence-corrected chi connectivity index (χ0v) is 20.5. The molecule has 144 valence electrons. The van der Waals surface area contributed by atoms with E-state index in [4.69, 9.17) is 23.2 Å². The van der Waals surface area contributed by atoms with Crippen LogP contribution in [0.5, 0.6) is 0 Å². The van der Waals surface area contributed by atoms with Crippen molar-refractivity contribution in [1.29, 1.82) is 5.26 Å². The van der Waals surface area contributed by atoms with Crippen molar-refractivity contribution in [3.63, 3.8) is 0 Å². The Morgan fingerprint density at radius 3 is 1.48 bits per heavy atom. The van der Waals surface area contributed by atoms with Gasteiger partial charge in [0.1, 0.15) is 0 Å². The highest BCUT2D eigenvalue weighted by atomic mass is 79.9. The molecule has 1 atom stereocenters. The third kappa shape index (κ3) is 2.67. The third-order valence-corrected chi connectivity index (χ3v) is 9.64. The summed E-state index contributed by atoms with van der Waals surface area (Å²) in [5.41, 5.74) is -1.59. The maximum absolute atomic E-state index is 10.4. The number of rotatable bonds is 2. The SMILES string of the molecule is CC(C)C1(C(C)C)C=CC(C(C)(C)C)(C(C)(C)C)C(Cl)(Cl)C1(Br)C#N. The van der Waals surface area contributed by atoms with Crippen LogP contribution in [0, 0.1) is 44.8 Å². The van der Waals surface area contributed by atoms with E-state index in [2.05, 4.69) is 103 Å². The molecule has 1 unspecified atom stereocenters. The van der Waals surface area contributed by atoms with Gasteiger partial charge in [-0.05, 0) is 22.7 Å². The lowest BCUT2D eigenvalue weighted by atomic mass is 9.44. The first-order chi connectivity index (χ1) is 10.9. The van der Waals surface area contributed by atoms with Crippen molar-refractivity contribution in [2.45, 2.75) is 77.9 Å². The lowest BCUT2D eigenvalue weighted by Crippen LogP contribution is -2.71. The Morgan fingerprint density at radius 1 is 0.880 bits per heavy atom. The van der Waals surface area contributed by atoms with Gasteiger partial charge in [-0.2, -0.15) is 5.26 Å². The summed E-state index contributed by atoms with van der Waals surface area (Å²) < 4.78 is -2.44. The Balaban J connectivity index is 4.12. The first-order valence-electron chi connectivity index (χ1n) is 9.09. The fourth-order valence-electron chi connectivity index (χ4n) is 5.61. The van der Waals surface area contributed by atoms with Crippen LogP contribution in [0.1, 0.15) is 69.2 Å². The summed E-state index contributed by atoms with van der Waals surface area (Å²) in [4.78, 5) is 0. The number of allylic oxidation sites excluding steroid dienone is 2. The molecule has 0 aliphatic heterocycles. The van der Waals surface area contributed by atoms with Crippen molar-refractivity contribution >= 4 is 39.1 Å². The quantitative estimate of drug-likeness (QED) is 0.311. The molecular weight excluding hydrogens is 417 g/mol. The molecule has 1 nitrogen and oxygen atoms in total. The number of alkyl halides is 3. The normalized spacial score (nSPS) is 28.2. The Hall–Kier alpha value is 0.290. The summed E-state index contributed by atoms with van der Waals surface area (Å²) >= 11 is 18.4. The fraction of sp³-hybridized carbons (Fsp3) is 0.857. The summed E-state index contributed by atoms with van der Waals surface area (Å²) in [6.07, 6.45) is 4.46. The molecule has 0 fully saturated rings. The van der Waals surface area contributed by atoms with Crippen LogP contribution in [0.25, 0.3) is 0 Å². The van der Waals surface area contributed by atoms with Crippen LogP contribution in [0.4, 0.5) is 0 Å². The highest BCUT2D eigenvalue weighted by molar-refractivity contribution is 9.10. The lowest BCUT2D eigenvalue weighted by Gasteiger charge is -2.67. The monoisotopic (exact) mass is 449 g/mol. The molecule has 1 aliphatic carbocycles. The van der Waals surface area contributed by atoms with Gasteiger partial charge in [0.05, 0.1) is 6.07 Å². The molecule has 0 N–H and O–H groups in total. The average Bonchev–Trinajstić information content (AvgIpc) is 2.37. The molecule has 0 heterocycles. The molecule has 0 aromatic rings. The van der Waals surface area contributed by atoms with Crippen molar-refractivity contribution in [1.82, 2.24) is 0 Å². The molecule has 0 saturated carbocycles. The number of hydrogen-bond donors (Lipinski definition) is 0. The van der Waals surface area contributed by atoms with Crippen molar-refractivity contribution in [2.24, 2.45) is 33.5 Å². The van der Waals surface area contributed by atoms with E-state index in [1.165, 1.54) is 0 Å². The minimum absolute atomic E-state index is 0.192. The van der Waals surface area contributed by atoms with E-state index < -0.39 is 19.5 Å². The Morgan fingerprint density at radius 2 is 1.24 bits per heavy atom. The molecule has 1 rings (SSSR count). The van der Waals surface area contributed by atoms with Crippen LogP contribution in [0.2, 0.25) is 0 Å². The van der Waals surface area contributed by atoms with Gasteiger partial charge in [0, 0.05) is 10.8 Å². The van der Waals surface area contributed by atoms with Gasteiger partial charge in [-0.15, -0.1) is 0 Å². The maximum atomic E-state index is 10.4. The van der Waals surface area contributed by atoms with Gasteiger partial charge in [-0.1, -0.05) is 121 Å². The number of hydrogen-bond acceptors (Lipinski definition) is 1. The molecule has 0 aromatic heterocycles. The van der Waals surface area contributed by atoms with Gasteiger partial charge in [-0.25, -0.2) is 0 Å². The second kappa shape index (κ2) is 6.42. The van der Waals surface area contributed by atoms with Gasteiger partial charge >= 0.3 is 0 Å². The molecule has 0 saturated heterocycles. The molecule has 0 bridgehead atoms. The largest absolute Gasteiger partial charge is 0.197 e. The molecule has 25 heavy (non-hydrogen) atoms. The van der Waals surface area contributed by atoms with E-state index in [9.17, 15) is 5.26 Å². The second-order valence-electron chi connectivity index (χ2n) is 10.2. The zero-order chi connectivity index (χ0) is 20.3. The zero-order valence-electron chi connectivity index (χ0n) is 17.4. The molecular formula is C21H34BrCl2N. The van der Waals surface area contributed by atoms with E-state index in [0.717, 1.165) is 0 Å². The predicted molar refractivity (Wildman–Crippen MR) is 114 cm³/mol. The van der Waals surface area contributed by atoms with Crippen molar-refractivity contribution in [3.8, 4) is 6.07 Å². The summed E-state index contributed by atoms with van der Waals surface area (Å²) in [7, 11) is 0. The maximum Gasteiger partial charge on any atom is 0.157 e. The van der Waals surface area contributed by atoms with Crippen LogP contribution in [-0.2, 0) is 0 Å². The average molecular weight is 451 g/mol. The van der Waals surface area contributed by atoms with Gasteiger partial charge in [0.2, 0.25) is 0 Å². The Bertz CT molecular complexity index is 562. The standard InChI is InChI=1S/C21H34BrCl2N/c1-14(2)18(15(3)4)11-12-19(16(5,6)7,17(8,9)10)21(23,24)20(18,22)13-25/h11-12,14-15H,1-10H3. The molecule has 0 spiro atoms. The third-order valence-electron chi connectivity index (χ3n) is 6.56. The molecule has 0 aromatic carbocycles. The predicted octanol–water partition coefficient (Wildman–Crippen LogP) is 7.76. The van der Waals surface area contributed by atoms with E-state index >= 15 is 0 Å². The summed E-state index contributed by atoms with van der Waals surface area (Å²) in [5.74, 6) is 0.384. The minimum Gasteiger partial charge on any atom is -0.197 e. The van der Waals surface area contributed by atoms with Crippen molar-refractivity contribution < 1.29 is 0 Å². The van der Waals surface area contributed by atoms with Crippen molar-refractivity contribution in [3.05, 3.63) is 12.2 Å². The molecule has 0 radical (unpaired) electrons.